The summed E-state index contributed by atoms with van der Waals surface area (Å²) < 4.78 is 15.8. The number of nitrogens with zero attached hydrogens (tertiary/aromatic N) is 2. The molecule has 10 nitrogen and oxygen atoms in total. The van der Waals surface area contributed by atoms with E-state index in [1.165, 1.54) is 4.90 Å². The highest BCUT2D eigenvalue weighted by atomic mass is 16.7. The maximum Gasteiger partial charge on any atom is 0.509 e. The molecule has 1 atom stereocenters. The van der Waals surface area contributed by atoms with Gasteiger partial charge in [0.15, 0.2) is 6.10 Å². The van der Waals surface area contributed by atoms with Crippen molar-refractivity contribution in [2.24, 2.45) is 5.73 Å². The third kappa shape index (κ3) is 5.65. The van der Waals surface area contributed by atoms with E-state index >= 15 is 0 Å². The third-order valence-corrected chi connectivity index (χ3v) is 4.98. The van der Waals surface area contributed by atoms with Gasteiger partial charge in [-0.15, -0.1) is 0 Å². The molecular weight excluding hydrogens is 404 g/mol. The normalized spacial score (nSPS) is 19.7. The number of likely N-dealkylation sites (tertiary alicyclic amines) is 1. The van der Waals surface area contributed by atoms with Gasteiger partial charge in [-0.3, -0.25) is 15.1 Å². The van der Waals surface area contributed by atoms with Crippen molar-refractivity contribution in [2.45, 2.75) is 51.4 Å². The van der Waals surface area contributed by atoms with Crippen LogP contribution in [-0.2, 0) is 19.0 Å². The van der Waals surface area contributed by atoms with Crippen LogP contribution in [0.3, 0.4) is 0 Å². The van der Waals surface area contributed by atoms with E-state index in [1.807, 2.05) is 0 Å². The minimum Gasteiger partial charge on any atom is -0.434 e. The molecule has 1 aromatic rings. The molecule has 0 saturated carbocycles. The molecule has 2 heterocycles. The van der Waals surface area contributed by atoms with Crippen molar-refractivity contribution in [3.05, 3.63) is 29.8 Å². The quantitative estimate of drug-likeness (QED) is 0.423. The Morgan fingerprint density at radius 2 is 1.77 bits per heavy atom. The number of anilines is 1. The van der Waals surface area contributed by atoms with Crippen LogP contribution in [0.25, 0.3) is 0 Å². The summed E-state index contributed by atoms with van der Waals surface area (Å²) in [6.07, 6.45) is -1.56. The highest BCUT2D eigenvalue weighted by Crippen LogP contribution is 2.24. The highest BCUT2D eigenvalue weighted by Gasteiger charge is 2.40. The number of amides is 2. The molecule has 10 heteroatoms. The molecule has 0 spiro atoms. The van der Waals surface area contributed by atoms with Crippen molar-refractivity contribution in [3.8, 4) is 0 Å². The second-order valence-electron chi connectivity index (χ2n) is 8.55. The molecule has 168 valence electrons. The second-order valence-corrected chi connectivity index (χ2v) is 8.55. The van der Waals surface area contributed by atoms with Crippen molar-refractivity contribution in [1.29, 1.82) is 5.41 Å². The first-order chi connectivity index (χ1) is 14.5. The molecule has 31 heavy (non-hydrogen) atoms. The van der Waals surface area contributed by atoms with Gasteiger partial charge < -0.3 is 24.8 Å². The average molecular weight is 432 g/mol. The lowest BCUT2D eigenvalue weighted by Crippen LogP contribution is -2.47. The molecule has 1 unspecified atom stereocenters. The fourth-order valence-electron chi connectivity index (χ4n) is 3.43. The zero-order chi connectivity index (χ0) is 22.8. The number of cyclic esters (lactones) is 1. The van der Waals surface area contributed by atoms with E-state index < -0.39 is 24.0 Å². The second kappa shape index (κ2) is 8.83. The summed E-state index contributed by atoms with van der Waals surface area (Å²) in [5.74, 6) is -0.338. The fraction of sp³-hybridized carbons (Fsp3) is 0.524. The van der Waals surface area contributed by atoms with Crippen LogP contribution in [-0.4, -0.2) is 66.3 Å². The average Bonchev–Trinajstić information content (AvgIpc) is 3.08. The zero-order valence-electron chi connectivity index (χ0n) is 17.9. The first-order valence-electron chi connectivity index (χ1n) is 10.1. The molecule has 3 N–H and O–H groups in total. The van der Waals surface area contributed by atoms with Crippen LogP contribution in [0.4, 0.5) is 15.3 Å². The predicted octanol–water partition coefficient (Wildman–Crippen LogP) is 2.24. The Morgan fingerprint density at radius 1 is 1.16 bits per heavy atom. The van der Waals surface area contributed by atoms with Crippen LogP contribution in [0.2, 0.25) is 0 Å². The van der Waals surface area contributed by atoms with Gasteiger partial charge in [0, 0.05) is 37.2 Å². The number of carbonyl (C=O) groups is 3. The number of hydrogen-bond donors (Lipinski definition) is 2. The van der Waals surface area contributed by atoms with Crippen molar-refractivity contribution in [1.82, 2.24) is 4.90 Å². The fourth-order valence-corrected chi connectivity index (χ4v) is 3.43. The summed E-state index contributed by atoms with van der Waals surface area (Å²) in [7, 11) is 0. The number of nitrogens with two attached hydrogens (primary N) is 1. The Bertz CT molecular complexity index is 856. The minimum absolute atomic E-state index is 0.0670. The van der Waals surface area contributed by atoms with E-state index in [4.69, 9.17) is 25.4 Å². The van der Waals surface area contributed by atoms with Gasteiger partial charge in [-0.2, -0.15) is 0 Å². The Hall–Kier alpha value is -3.30. The first-order valence-corrected chi connectivity index (χ1v) is 10.1. The van der Waals surface area contributed by atoms with Crippen molar-refractivity contribution in [2.75, 3.05) is 24.5 Å². The lowest BCUT2D eigenvalue weighted by molar-refractivity contribution is -0.140. The number of carbonyl (C=O) groups excluding carboxylic acids is 3. The molecule has 3 rings (SSSR count). The van der Waals surface area contributed by atoms with E-state index in [0.717, 1.165) is 0 Å². The summed E-state index contributed by atoms with van der Waals surface area (Å²) in [5, 5.41) is 7.43. The molecule has 2 aliphatic heterocycles. The van der Waals surface area contributed by atoms with Crippen LogP contribution in [0.15, 0.2) is 24.3 Å². The Labute approximate surface area is 180 Å². The van der Waals surface area contributed by atoms with Gasteiger partial charge in [0.2, 0.25) is 0 Å². The third-order valence-electron chi connectivity index (χ3n) is 4.98. The molecule has 1 aromatic carbocycles. The number of nitrogen functional groups attached to an aromatic ring is 1. The molecule has 2 aliphatic rings. The highest BCUT2D eigenvalue weighted by molar-refractivity contribution is 5.97. The van der Waals surface area contributed by atoms with E-state index in [9.17, 15) is 14.4 Å². The van der Waals surface area contributed by atoms with Gasteiger partial charge in [-0.05, 0) is 45.0 Å². The van der Waals surface area contributed by atoms with Crippen LogP contribution in [0.1, 0.15) is 39.2 Å². The summed E-state index contributed by atoms with van der Waals surface area (Å²) in [6, 6.07) is 6.58. The van der Waals surface area contributed by atoms with Crippen molar-refractivity contribution in [3.63, 3.8) is 0 Å². The standard InChI is InChI=1S/C21H28N4O6/c1-21(2,3)31-20(28)29-15-8-10-24(11-9-15)18(26)16-12-25(19(27)30-16)14-6-4-13(5-7-14)17(22)23/h4-7,15-16H,8-12H2,1-3H3,(H3,22,23). The monoisotopic (exact) mass is 432 g/mol. The lowest BCUT2D eigenvalue weighted by Gasteiger charge is -2.32. The van der Waals surface area contributed by atoms with Crippen molar-refractivity contribution >= 4 is 29.7 Å². The first kappa shape index (κ1) is 22.4. The van der Waals surface area contributed by atoms with E-state index in [-0.39, 0.29) is 24.4 Å². The van der Waals surface area contributed by atoms with Crippen LogP contribution in [0, 0.1) is 5.41 Å². The van der Waals surface area contributed by atoms with Gasteiger partial charge >= 0.3 is 12.2 Å². The number of rotatable bonds is 4. The molecule has 0 aromatic heterocycles. The summed E-state index contributed by atoms with van der Waals surface area (Å²) >= 11 is 0. The summed E-state index contributed by atoms with van der Waals surface area (Å²) in [6.45, 7) is 6.19. The predicted molar refractivity (Wildman–Crippen MR) is 112 cm³/mol. The molecule has 2 saturated heterocycles. The molecule has 0 bridgehead atoms. The molecule has 0 radical (unpaired) electrons. The van der Waals surface area contributed by atoms with E-state index in [0.29, 0.717) is 37.2 Å². The van der Waals surface area contributed by atoms with Gasteiger partial charge in [0.25, 0.3) is 5.91 Å². The Morgan fingerprint density at radius 3 is 2.32 bits per heavy atom. The maximum absolute atomic E-state index is 12.8. The van der Waals surface area contributed by atoms with Crippen LogP contribution in [0.5, 0.6) is 0 Å². The topological polar surface area (TPSA) is 135 Å². The Balaban J connectivity index is 1.52. The van der Waals surface area contributed by atoms with Gasteiger partial charge in [-0.25, -0.2) is 9.59 Å². The largest absolute Gasteiger partial charge is 0.509 e. The number of benzene rings is 1. The zero-order valence-corrected chi connectivity index (χ0v) is 17.9. The summed E-state index contributed by atoms with van der Waals surface area (Å²) in [5.41, 5.74) is 5.93. The summed E-state index contributed by atoms with van der Waals surface area (Å²) in [4.78, 5) is 39.9. The maximum atomic E-state index is 12.8. The van der Waals surface area contributed by atoms with Crippen LogP contribution >= 0.6 is 0 Å². The van der Waals surface area contributed by atoms with Crippen molar-refractivity contribution < 1.29 is 28.6 Å². The molecule has 0 aliphatic carbocycles. The van der Waals surface area contributed by atoms with Gasteiger partial charge in [0.1, 0.15) is 17.5 Å². The lowest BCUT2D eigenvalue weighted by atomic mass is 10.1. The SMILES string of the molecule is CC(C)(C)OC(=O)OC1CCN(C(=O)C2CN(c3ccc(C(=N)N)cc3)C(=O)O2)CC1. The number of nitrogens with one attached hydrogen (secondary N) is 1. The number of hydrogen-bond acceptors (Lipinski definition) is 7. The van der Waals surface area contributed by atoms with E-state index in [2.05, 4.69) is 0 Å². The number of amidine groups is 1. The molecule has 2 fully saturated rings. The number of ether oxygens (including phenoxy) is 3. The minimum atomic E-state index is -0.900. The van der Waals surface area contributed by atoms with E-state index in [1.54, 1.807) is 49.9 Å². The Kier molecular flexibility index (Phi) is 6.37. The molecular formula is C21H28N4O6. The molecule has 2 amide bonds. The van der Waals surface area contributed by atoms with Crippen LogP contribution < -0.4 is 10.6 Å². The smallest absolute Gasteiger partial charge is 0.434 e. The van der Waals surface area contributed by atoms with Gasteiger partial charge in [0.05, 0.1) is 6.54 Å². The van der Waals surface area contributed by atoms with Gasteiger partial charge in [-0.1, -0.05) is 0 Å². The number of piperidine rings is 1.